The topological polar surface area (TPSA) is 231 Å². The Morgan fingerprint density at radius 3 is 1.28 bits per heavy atom. The molecular formula is C29H40GdN3Na2O11. The molecule has 1 aromatic rings. The van der Waals surface area contributed by atoms with Crippen molar-refractivity contribution in [2.24, 2.45) is 11.8 Å². The van der Waals surface area contributed by atoms with Crippen LogP contribution < -0.4 is 84.6 Å². The molecule has 46 heavy (non-hydrogen) atoms. The molecule has 0 saturated carbocycles. The molecule has 14 nitrogen and oxygen atoms in total. The fourth-order valence-corrected chi connectivity index (χ4v) is 5.05. The van der Waals surface area contributed by atoms with Crippen molar-refractivity contribution >= 4 is 29.8 Å². The van der Waals surface area contributed by atoms with Gasteiger partial charge in [0.1, 0.15) is 5.75 Å². The Morgan fingerprint density at radius 1 is 0.652 bits per heavy atom. The van der Waals surface area contributed by atoms with Crippen molar-refractivity contribution in [2.75, 3.05) is 39.3 Å². The summed E-state index contributed by atoms with van der Waals surface area (Å²) in [5.74, 6) is -8.84. The number of phenolic OH excluding ortho intramolecular Hbond substituents is 1. The predicted molar refractivity (Wildman–Crippen MR) is 142 cm³/mol. The van der Waals surface area contributed by atoms with Crippen molar-refractivity contribution in [1.29, 1.82) is 0 Å². The Bertz CT molecular complexity index is 1050. The number of carbonyl (C=O) groups is 5. The van der Waals surface area contributed by atoms with Gasteiger partial charge in [0.2, 0.25) is 0 Å². The minimum absolute atomic E-state index is 0. The predicted octanol–water partition coefficient (Wildman–Crippen LogP) is -11.2. The molecule has 5 unspecified atom stereocenters. The smallest absolute Gasteiger partial charge is 0.549 e. The Labute approximate surface area is 346 Å². The van der Waals surface area contributed by atoms with Crippen LogP contribution in [0.25, 0.3) is 0 Å². The molecule has 1 radical (unpaired) electrons. The van der Waals surface area contributed by atoms with Crippen LogP contribution in [0, 0.1) is 51.8 Å². The van der Waals surface area contributed by atoms with E-state index in [0.29, 0.717) is 18.4 Å². The Kier molecular flexibility index (Phi) is 27.7. The summed E-state index contributed by atoms with van der Waals surface area (Å²) in [6, 6.07) is 1.59. The van der Waals surface area contributed by atoms with Gasteiger partial charge in [0.05, 0.1) is 48.0 Å². The molecule has 247 valence electrons. The summed E-state index contributed by atoms with van der Waals surface area (Å²) in [5.41, 5.74) is 0.481. The summed E-state index contributed by atoms with van der Waals surface area (Å²) in [5, 5.41) is 69.0. The molecular weight excluding hydrogens is 770 g/mol. The zero-order valence-electron chi connectivity index (χ0n) is 27.3. The molecule has 0 bridgehead atoms. The van der Waals surface area contributed by atoms with Crippen LogP contribution in [0.5, 0.6) is 5.75 Å². The average molecular weight is 810 g/mol. The number of aliphatic carboxylic acids is 5. The Morgan fingerprint density at radius 2 is 1.00 bits per heavy atom. The first-order valence-electron chi connectivity index (χ1n) is 14.1. The summed E-state index contributed by atoms with van der Waals surface area (Å²) in [4.78, 5) is 63.0. The number of aromatic hydroxyl groups is 1. The van der Waals surface area contributed by atoms with Gasteiger partial charge in [0.15, 0.2) is 0 Å². The van der Waals surface area contributed by atoms with Gasteiger partial charge in [-0.3, -0.25) is 14.7 Å². The monoisotopic (exact) mass is 810 g/mol. The summed E-state index contributed by atoms with van der Waals surface area (Å²) >= 11 is 0. The van der Waals surface area contributed by atoms with Gasteiger partial charge >= 0.3 is 99.1 Å². The number of carbonyl (C=O) groups excluding carboxylic acids is 5. The van der Waals surface area contributed by atoms with Crippen LogP contribution >= 0.6 is 0 Å². The van der Waals surface area contributed by atoms with Gasteiger partial charge in [-0.25, -0.2) is 0 Å². The van der Waals surface area contributed by atoms with Crippen LogP contribution in [0.1, 0.15) is 46.1 Å². The van der Waals surface area contributed by atoms with Crippen LogP contribution in [-0.4, -0.2) is 107 Å². The van der Waals surface area contributed by atoms with Crippen molar-refractivity contribution in [1.82, 2.24) is 14.7 Å². The SMILES string of the molecule is CCC(C)C(C(=O)[O-])N(CCN(CCN(CC(=O)[O-])C(C(=O)[O-])C(C)CC)C(Cc1ccc(O)cc1)C(=O)[O-])CC(=O)[O-].[Gd+3].[Na+].[Na+]. The van der Waals surface area contributed by atoms with Crippen LogP contribution in [0.4, 0.5) is 0 Å². The zero-order chi connectivity index (χ0) is 32.9. The van der Waals surface area contributed by atoms with Gasteiger partial charge in [-0.15, -0.1) is 0 Å². The third kappa shape index (κ3) is 17.3. The third-order valence-corrected chi connectivity index (χ3v) is 7.73. The van der Waals surface area contributed by atoms with Crippen LogP contribution in [0.3, 0.4) is 0 Å². The molecule has 0 saturated heterocycles. The maximum absolute atomic E-state index is 12.4. The molecule has 0 aromatic heterocycles. The molecule has 1 rings (SSSR count). The molecule has 0 spiro atoms. The number of hydrogen-bond donors (Lipinski definition) is 1. The third-order valence-electron chi connectivity index (χ3n) is 7.73. The van der Waals surface area contributed by atoms with Crippen LogP contribution in [-0.2, 0) is 30.4 Å². The molecule has 0 heterocycles. The summed E-state index contributed by atoms with van der Waals surface area (Å²) < 4.78 is 0. The van der Waals surface area contributed by atoms with Crippen molar-refractivity contribution in [2.45, 2.75) is 65.1 Å². The van der Waals surface area contributed by atoms with E-state index in [2.05, 4.69) is 0 Å². The van der Waals surface area contributed by atoms with Crippen LogP contribution in [0.2, 0.25) is 0 Å². The fraction of sp³-hybridized carbons (Fsp3) is 0.621. The number of carboxylic acid groups (broad SMARTS) is 5. The van der Waals surface area contributed by atoms with Crippen LogP contribution in [0.15, 0.2) is 24.3 Å². The standard InChI is InChI=1S/C29H45N3O11.Gd.2Na/c1-5-18(3)25(28(40)41)31(16-23(34)35)13-11-30(22(27(38)39)15-20-7-9-21(33)10-8-20)12-14-32(17-24(36)37)26(29(42)43)19(4)6-2;;;/h7-10,18-19,22,25-26,33H,5-6,11-17H2,1-4H3,(H,34,35)(H,36,37)(H,38,39)(H,40,41)(H,42,43);;;/q;+3;2*+1/p-5. The maximum Gasteiger partial charge on any atom is 3.00 e. The Balaban J connectivity index is -0.00000616. The largest absolute Gasteiger partial charge is 3.00 e. The minimum Gasteiger partial charge on any atom is -0.549 e. The van der Waals surface area contributed by atoms with Crippen molar-refractivity contribution in [3.8, 4) is 5.75 Å². The van der Waals surface area contributed by atoms with E-state index in [1.807, 2.05) is 0 Å². The van der Waals surface area contributed by atoms with E-state index in [-0.39, 0.29) is 137 Å². The molecule has 0 fully saturated rings. The number of hydrogen-bond acceptors (Lipinski definition) is 14. The molecule has 1 aromatic carbocycles. The molecule has 0 amide bonds. The Hall–Kier alpha value is -0.425. The van der Waals surface area contributed by atoms with Crippen molar-refractivity contribution in [3.05, 3.63) is 29.8 Å². The zero-order valence-corrected chi connectivity index (χ0v) is 33.6. The average Bonchev–Trinajstić information content (AvgIpc) is 2.91. The summed E-state index contributed by atoms with van der Waals surface area (Å²) in [7, 11) is 0. The number of benzene rings is 1. The second kappa shape index (κ2) is 25.5. The maximum atomic E-state index is 12.4. The molecule has 0 aliphatic heterocycles. The molecule has 5 atom stereocenters. The van der Waals surface area contributed by atoms with Gasteiger partial charge in [-0.2, -0.15) is 0 Å². The number of phenols is 1. The van der Waals surface area contributed by atoms with E-state index < -0.39 is 72.9 Å². The van der Waals surface area contributed by atoms with Gasteiger partial charge in [-0.1, -0.05) is 52.7 Å². The van der Waals surface area contributed by atoms with E-state index in [4.69, 9.17) is 0 Å². The van der Waals surface area contributed by atoms with E-state index in [9.17, 15) is 54.6 Å². The van der Waals surface area contributed by atoms with E-state index in [1.54, 1.807) is 27.7 Å². The molecule has 0 aliphatic carbocycles. The van der Waals surface area contributed by atoms with Gasteiger partial charge in [-0.05, 0) is 36.0 Å². The van der Waals surface area contributed by atoms with E-state index >= 15 is 0 Å². The number of rotatable bonds is 22. The molecule has 1 N–H and O–H groups in total. The van der Waals surface area contributed by atoms with E-state index in [0.717, 1.165) is 9.80 Å². The van der Waals surface area contributed by atoms with Gasteiger partial charge in [0.25, 0.3) is 0 Å². The van der Waals surface area contributed by atoms with Crippen molar-refractivity contribution in [3.63, 3.8) is 0 Å². The number of carboxylic acids is 5. The second-order valence-electron chi connectivity index (χ2n) is 10.7. The summed E-state index contributed by atoms with van der Waals surface area (Å²) in [6.07, 6.45) is 0.577. The van der Waals surface area contributed by atoms with Crippen molar-refractivity contribution < 1.29 is 154 Å². The molecule has 0 aliphatic rings. The first kappa shape index (κ1) is 50.0. The number of nitrogens with zero attached hydrogens (tertiary/aromatic N) is 3. The normalized spacial score (nSPS) is 14.2. The minimum atomic E-state index is -1.56. The molecule has 17 heteroatoms. The summed E-state index contributed by atoms with van der Waals surface area (Å²) in [6.45, 7) is 4.04. The van der Waals surface area contributed by atoms with Gasteiger partial charge in [0, 0.05) is 39.3 Å². The van der Waals surface area contributed by atoms with Gasteiger partial charge < -0.3 is 54.6 Å². The first-order chi connectivity index (χ1) is 20.1. The van der Waals surface area contributed by atoms with E-state index in [1.165, 1.54) is 29.2 Å². The first-order valence-corrected chi connectivity index (χ1v) is 14.1. The quantitative estimate of drug-likeness (QED) is 0.107. The second-order valence-corrected chi connectivity index (χ2v) is 10.7. The fourth-order valence-electron chi connectivity index (χ4n) is 5.05.